The Balaban J connectivity index is 1.48. The second-order valence-electron chi connectivity index (χ2n) is 6.36. The molecule has 3 heterocycles. The molecular weight excluding hydrogens is 292 g/mol. The lowest BCUT2D eigenvalue weighted by Gasteiger charge is -2.23. The molecule has 0 radical (unpaired) electrons. The van der Waals surface area contributed by atoms with Crippen LogP contribution in [0, 0.1) is 0 Å². The van der Waals surface area contributed by atoms with Crippen LogP contribution in [0.5, 0.6) is 0 Å². The van der Waals surface area contributed by atoms with Crippen LogP contribution in [-0.4, -0.2) is 53.2 Å². The molecule has 7 heteroatoms. The van der Waals surface area contributed by atoms with Crippen molar-refractivity contribution in [3.8, 4) is 0 Å². The summed E-state index contributed by atoms with van der Waals surface area (Å²) in [5.41, 5.74) is 1.40. The molecule has 0 spiro atoms. The summed E-state index contributed by atoms with van der Waals surface area (Å²) in [6, 6.07) is 8.15. The smallest absolute Gasteiger partial charge is 0.123 e. The predicted octanol–water partition coefficient (Wildman–Crippen LogP) is 0.802. The normalized spacial score (nSPS) is 22.2. The molecule has 4 rings (SSSR count). The summed E-state index contributed by atoms with van der Waals surface area (Å²) in [5, 5.41) is 18.5. The topological polar surface area (TPSA) is 72.0 Å². The highest BCUT2D eigenvalue weighted by Crippen LogP contribution is 2.25. The molecule has 1 aromatic carbocycles. The van der Waals surface area contributed by atoms with Crippen LogP contribution < -0.4 is 0 Å². The number of para-hydroxylation sites is 2. The van der Waals surface area contributed by atoms with Gasteiger partial charge in [-0.05, 0) is 18.6 Å². The van der Waals surface area contributed by atoms with Crippen molar-refractivity contribution >= 4 is 11.0 Å². The first kappa shape index (κ1) is 14.3. The number of aryl methyl sites for hydroxylation is 1. The van der Waals surface area contributed by atoms with E-state index in [4.69, 9.17) is 4.98 Å². The van der Waals surface area contributed by atoms with Gasteiger partial charge in [0.2, 0.25) is 0 Å². The maximum absolute atomic E-state index is 10.8. The molecule has 1 saturated heterocycles. The molecule has 23 heavy (non-hydrogen) atoms. The summed E-state index contributed by atoms with van der Waals surface area (Å²) in [7, 11) is 2.04. The fourth-order valence-electron chi connectivity index (χ4n) is 3.36. The van der Waals surface area contributed by atoms with Crippen LogP contribution in [0.4, 0.5) is 0 Å². The number of nitrogens with zero attached hydrogens (tertiary/aromatic N) is 6. The predicted molar refractivity (Wildman–Crippen MR) is 85.6 cm³/mol. The molecule has 0 aliphatic carbocycles. The summed E-state index contributed by atoms with van der Waals surface area (Å²) in [4.78, 5) is 6.96. The number of aromatic nitrogens is 5. The van der Waals surface area contributed by atoms with E-state index < -0.39 is 5.60 Å². The lowest BCUT2D eigenvalue weighted by Crippen LogP contribution is -2.37. The number of rotatable bonds is 4. The van der Waals surface area contributed by atoms with Gasteiger partial charge in [-0.1, -0.05) is 17.3 Å². The van der Waals surface area contributed by atoms with Crippen molar-refractivity contribution in [3.05, 3.63) is 42.5 Å². The Kier molecular flexibility index (Phi) is 3.39. The van der Waals surface area contributed by atoms with Gasteiger partial charge in [0.25, 0.3) is 0 Å². The molecule has 0 saturated carbocycles. The van der Waals surface area contributed by atoms with Gasteiger partial charge in [-0.2, -0.15) is 0 Å². The zero-order valence-corrected chi connectivity index (χ0v) is 13.1. The Morgan fingerprint density at radius 3 is 2.96 bits per heavy atom. The van der Waals surface area contributed by atoms with Gasteiger partial charge in [0, 0.05) is 26.3 Å². The van der Waals surface area contributed by atoms with Crippen LogP contribution >= 0.6 is 0 Å². The summed E-state index contributed by atoms with van der Waals surface area (Å²) in [6.07, 6.45) is 4.15. The van der Waals surface area contributed by atoms with Crippen molar-refractivity contribution in [2.75, 3.05) is 13.1 Å². The van der Waals surface area contributed by atoms with E-state index >= 15 is 0 Å². The average Bonchev–Trinajstić information content (AvgIpc) is 3.23. The Labute approximate surface area is 134 Å². The molecule has 0 bridgehead atoms. The highest BCUT2D eigenvalue weighted by atomic mass is 16.3. The molecule has 1 atom stereocenters. The molecule has 1 aliphatic heterocycles. The van der Waals surface area contributed by atoms with Gasteiger partial charge in [-0.3, -0.25) is 4.90 Å². The first-order chi connectivity index (χ1) is 11.1. The molecule has 3 aromatic rings. The summed E-state index contributed by atoms with van der Waals surface area (Å²) in [6.45, 7) is 2.70. The van der Waals surface area contributed by atoms with Crippen molar-refractivity contribution in [1.29, 1.82) is 0 Å². The number of β-amino-alcohol motifs (C(OH)–C–C–N with tert-alkyl or cyclic N) is 1. The molecule has 120 valence electrons. The van der Waals surface area contributed by atoms with E-state index in [1.165, 1.54) is 0 Å². The van der Waals surface area contributed by atoms with E-state index in [0.29, 0.717) is 13.1 Å². The zero-order valence-electron chi connectivity index (χ0n) is 13.1. The van der Waals surface area contributed by atoms with Gasteiger partial charge >= 0.3 is 0 Å². The number of likely N-dealkylation sites (tertiary alicyclic amines) is 1. The largest absolute Gasteiger partial charge is 0.387 e. The third-order valence-electron chi connectivity index (χ3n) is 4.58. The van der Waals surface area contributed by atoms with E-state index in [1.54, 1.807) is 17.1 Å². The standard InChI is InChI=1S/C16H20N6O/c1-20-14-5-3-2-4-13(14)18-15(20)10-21-8-6-16(23,11-21)12-22-9-7-17-19-22/h2-5,7,9,23H,6,8,10-12H2,1H3. The second kappa shape index (κ2) is 5.43. The van der Waals surface area contributed by atoms with Crippen molar-refractivity contribution < 1.29 is 5.11 Å². The first-order valence-corrected chi connectivity index (χ1v) is 7.82. The lowest BCUT2D eigenvalue weighted by atomic mass is 10.0. The minimum Gasteiger partial charge on any atom is -0.387 e. The van der Waals surface area contributed by atoms with Gasteiger partial charge in [-0.25, -0.2) is 9.67 Å². The van der Waals surface area contributed by atoms with Crippen LogP contribution in [0.2, 0.25) is 0 Å². The van der Waals surface area contributed by atoms with E-state index in [2.05, 4.69) is 25.8 Å². The number of hydrogen-bond acceptors (Lipinski definition) is 5. The Morgan fingerprint density at radius 2 is 2.17 bits per heavy atom. The molecular formula is C16H20N6O. The van der Waals surface area contributed by atoms with Crippen molar-refractivity contribution in [2.24, 2.45) is 7.05 Å². The number of imidazole rings is 1. The second-order valence-corrected chi connectivity index (χ2v) is 6.36. The van der Waals surface area contributed by atoms with Crippen LogP contribution in [0.1, 0.15) is 12.2 Å². The molecule has 0 amide bonds. The number of benzene rings is 1. The highest BCUT2D eigenvalue weighted by molar-refractivity contribution is 5.75. The minimum atomic E-state index is -0.752. The Hall–Kier alpha value is -2.25. The Bertz CT molecular complexity index is 811. The fourth-order valence-corrected chi connectivity index (χ4v) is 3.36. The SMILES string of the molecule is Cn1c(CN2CCC(O)(Cn3ccnn3)C2)nc2ccccc21. The van der Waals surface area contributed by atoms with Crippen molar-refractivity contribution in [3.63, 3.8) is 0 Å². The third kappa shape index (κ3) is 2.73. The molecule has 1 aliphatic rings. The maximum atomic E-state index is 10.8. The minimum absolute atomic E-state index is 0.478. The highest BCUT2D eigenvalue weighted by Gasteiger charge is 2.37. The molecule has 1 N–H and O–H groups in total. The van der Waals surface area contributed by atoms with Crippen molar-refractivity contribution in [1.82, 2.24) is 29.4 Å². The third-order valence-corrected chi connectivity index (χ3v) is 4.58. The van der Waals surface area contributed by atoms with Crippen LogP contribution in [0.25, 0.3) is 11.0 Å². The Morgan fingerprint density at radius 1 is 1.30 bits per heavy atom. The monoisotopic (exact) mass is 312 g/mol. The van der Waals surface area contributed by atoms with Gasteiger partial charge in [0.1, 0.15) is 5.82 Å². The fraction of sp³-hybridized carbons (Fsp3) is 0.438. The van der Waals surface area contributed by atoms with E-state index in [9.17, 15) is 5.11 Å². The summed E-state index contributed by atoms with van der Waals surface area (Å²) in [5.74, 6) is 1.02. The number of aliphatic hydroxyl groups is 1. The first-order valence-electron chi connectivity index (χ1n) is 7.82. The van der Waals surface area contributed by atoms with E-state index in [-0.39, 0.29) is 0 Å². The molecule has 7 nitrogen and oxygen atoms in total. The van der Waals surface area contributed by atoms with Gasteiger partial charge < -0.3 is 9.67 Å². The van der Waals surface area contributed by atoms with E-state index in [0.717, 1.165) is 36.4 Å². The molecule has 1 fully saturated rings. The quantitative estimate of drug-likeness (QED) is 0.771. The number of hydrogen-bond donors (Lipinski definition) is 1. The zero-order chi connectivity index (χ0) is 15.9. The molecule has 1 unspecified atom stereocenters. The number of fused-ring (bicyclic) bond motifs is 1. The lowest BCUT2D eigenvalue weighted by molar-refractivity contribution is 0.0271. The molecule has 2 aromatic heterocycles. The van der Waals surface area contributed by atoms with Gasteiger partial charge in [0.05, 0.1) is 35.9 Å². The van der Waals surface area contributed by atoms with Crippen LogP contribution in [0.15, 0.2) is 36.7 Å². The van der Waals surface area contributed by atoms with Gasteiger partial charge in [0.15, 0.2) is 0 Å². The maximum Gasteiger partial charge on any atom is 0.123 e. The van der Waals surface area contributed by atoms with Crippen LogP contribution in [-0.2, 0) is 20.1 Å². The average molecular weight is 312 g/mol. The van der Waals surface area contributed by atoms with Crippen LogP contribution in [0.3, 0.4) is 0 Å². The summed E-state index contributed by atoms with van der Waals surface area (Å²) >= 11 is 0. The summed E-state index contributed by atoms with van der Waals surface area (Å²) < 4.78 is 3.82. The van der Waals surface area contributed by atoms with Gasteiger partial charge in [-0.15, -0.1) is 5.10 Å². The van der Waals surface area contributed by atoms with E-state index in [1.807, 2.05) is 25.2 Å². The van der Waals surface area contributed by atoms with Crippen molar-refractivity contribution in [2.45, 2.75) is 25.1 Å².